The predicted octanol–water partition coefficient (Wildman–Crippen LogP) is 9.35. The lowest BCUT2D eigenvalue weighted by Crippen LogP contribution is -2.61. The molecule has 7 heteroatoms. The molecule has 0 N–H and O–H groups in total. The second-order valence-electron chi connectivity index (χ2n) is 13.2. The maximum Gasteiger partial charge on any atom is 0.310 e. The van der Waals surface area contributed by atoms with Crippen molar-refractivity contribution in [2.24, 2.45) is 5.41 Å². The number of esters is 1. The van der Waals surface area contributed by atoms with Crippen LogP contribution in [0.15, 0.2) is 6.08 Å². The number of ether oxygens (including phenoxy) is 2. The molecule has 0 aliphatic carbocycles. The Morgan fingerprint density at radius 2 is 1.48 bits per heavy atom. The van der Waals surface area contributed by atoms with Crippen molar-refractivity contribution in [1.29, 1.82) is 0 Å². The average Bonchev–Trinajstić information content (AvgIpc) is 3.38. The van der Waals surface area contributed by atoms with Gasteiger partial charge in [0.25, 0.3) is 5.88 Å². The summed E-state index contributed by atoms with van der Waals surface area (Å²) < 4.78 is 22.1. The van der Waals surface area contributed by atoms with Crippen LogP contribution in [0.5, 0.6) is 5.88 Å². The number of hydrogen-bond acceptors (Lipinski definition) is 6. The van der Waals surface area contributed by atoms with Crippen molar-refractivity contribution in [2.75, 3.05) is 26.7 Å². The van der Waals surface area contributed by atoms with Gasteiger partial charge in [-0.2, -0.15) is 4.37 Å². The van der Waals surface area contributed by atoms with Crippen LogP contribution in [0.2, 0.25) is 0 Å². The number of aromatic nitrogens is 2. The lowest BCUT2D eigenvalue weighted by Gasteiger charge is -2.47. The summed E-state index contributed by atoms with van der Waals surface area (Å²) in [6, 6.07) is 0. The summed E-state index contributed by atoms with van der Waals surface area (Å²) in [5.74, 6) is 0.597. The van der Waals surface area contributed by atoms with Crippen molar-refractivity contribution < 1.29 is 18.8 Å². The Kier molecular flexibility index (Phi) is 16.4. The molecule has 0 spiro atoms. The second kappa shape index (κ2) is 18.9. The Bertz CT molecular complexity index is 863. The molecule has 2 heterocycles. The molecule has 0 saturated carbocycles. The molecule has 40 heavy (non-hydrogen) atoms. The van der Waals surface area contributed by atoms with Crippen LogP contribution in [0.1, 0.15) is 149 Å². The highest BCUT2D eigenvalue weighted by atomic mass is 32.1. The van der Waals surface area contributed by atoms with E-state index in [0.717, 1.165) is 50.0 Å². The first-order valence-electron chi connectivity index (χ1n) is 16.4. The minimum atomic E-state index is -0.221. The van der Waals surface area contributed by atoms with E-state index >= 15 is 0 Å². The molecule has 0 aromatic carbocycles. The van der Waals surface area contributed by atoms with Crippen molar-refractivity contribution in [2.45, 2.75) is 150 Å². The minimum Gasteiger partial charge on any atom is -0.475 e. The molecule has 0 radical (unpaired) electrons. The van der Waals surface area contributed by atoms with E-state index in [2.05, 4.69) is 56.5 Å². The molecule has 0 saturated heterocycles. The van der Waals surface area contributed by atoms with Gasteiger partial charge in [0.2, 0.25) is 6.23 Å². The summed E-state index contributed by atoms with van der Waals surface area (Å²) in [6.07, 6.45) is 22.2. The molecular weight excluding hydrogens is 518 g/mol. The highest BCUT2D eigenvalue weighted by molar-refractivity contribution is 6.99. The third kappa shape index (κ3) is 12.6. The highest BCUT2D eigenvalue weighted by Crippen LogP contribution is 2.37. The lowest BCUT2D eigenvalue weighted by atomic mass is 9.89. The lowest BCUT2D eigenvalue weighted by molar-refractivity contribution is -0.954. The summed E-state index contributed by atoms with van der Waals surface area (Å²) in [5.41, 5.74) is 1.84. The van der Waals surface area contributed by atoms with Crippen LogP contribution in [-0.4, -0.2) is 52.2 Å². The summed E-state index contributed by atoms with van der Waals surface area (Å²) in [4.78, 5) is 13.0. The van der Waals surface area contributed by atoms with E-state index in [0.29, 0.717) is 23.4 Å². The first kappa shape index (κ1) is 34.7. The van der Waals surface area contributed by atoms with E-state index in [-0.39, 0.29) is 17.6 Å². The Morgan fingerprint density at radius 1 is 0.900 bits per heavy atom. The van der Waals surface area contributed by atoms with Crippen LogP contribution < -0.4 is 4.74 Å². The summed E-state index contributed by atoms with van der Waals surface area (Å²) in [7, 11) is 2.23. The predicted molar refractivity (Wildman–Crippen MR) is 168 cm³/mol. The van der Waals surface area contributed by atoms with Gasteiger partial charge in [0.15, 0.2) is 0 Å². The van der Waals surface area contributed by atoms with E-state index in [4.69, 9.17) is 9.47 Å². The van der Waals surface area contributed by atoms with E-state index in [9.17, 15) is 4.79 Å². The first-order chi connectivity index (χ1) is 19.2. The zero-order valence-electron chi connectivity index (χ0n) is 26.8. The third-order valence-corrected chi connectivity index (χ3v) is 8.61. The Hall–Kier alpha value is -1.47. The molecule has 0 fully saturated rings. The summed E-state index contributed by atoms with van der Waals surface area (Å²) >= 11 is 1.22. The number of quaternary nitrogens is 1. The SMILES string of the molecule is CCCCCCCCCCCCCC(=O)OC(C(C)(C)C)[N+]1(C)CCC=C(c2nsnc2OCCCCCC)C1. The number of nitrogens with zero attached hydrogens (tertiary/aromatic N) is 3. The Balaban J connectivity index is 1.83. The van der Waals surface area contributed by atoms with E-state index in [1.807, 2.05) is 0 Å². The van der Waals surface area contributed by atoms with Gasteiger partial charge in [-0.3, -0.25) is 9.28 Å². The summed E-state index contributed by atoms with van der Waals surface area (Å²) in [5, 5.41) is 0. The second-order valence-corrected chi connectivity index (χ2v) is 13.7. The third-order valence-electron chi connectivity index (χ3n) is 8.10. The fraction of sp³-hybridized carbons (Fsp3) is 0.848. The molecule has 1 aliphatic heterocycles. The van der Waals surface area contributed by atoms with Crippen LogP contribution in [0.25, 0.3) is 5.57 Å². The van der Waals surface area contributed by atoms with Crippen LogP contribution in [-0.2, 0) is 9.53 Å². The molecule has 2 atom stereocenters. The van der Waals surface area contributed by atoms with Crippen LogP contribution in [0.4, 0.5) is 0 Å². The monoisotopic (exact) mass is 578 g/mol. The number of carbonyl (C=O) groups is 1. The number of rotatable bonds is 21. The normalized spacial score (nSPS) is 18.4. The van der Waals surface area contributed by atoms with Gasteiger partial charge in [-0.15, -0.1) is 4.37 Å². The molecule has 6 nitrogen and oxygen atoms in total. The number of unbranched alkanes of at least 4 members (excludes halogenated alkanes) is 13. The van der Waals surface area contributed by atoms with Crippen molar-refractivity contribution in [3.8, 4) is 5.88 Å². The highest BCUT2D eigenvalue weighted by Gasteiger charge is 2.46. The largest absolute Gasteiger partial charge is 0.475 e. The fourth-order valence-electron chi connectivity index (χ4n) is 5.96. The van der Waals surface area contributed by atoms with Crippen molar-refractivity contribution >= 4 is 23.3 Å². The molecule has 0 amide bonds. The van der Waals surface area contributed by atoms with E-state index in [1.165, 1.54) is 88.8 Å². The molecule has 2 unspecified atom stereocenters. The van der Waals surface area contributed by atoms with E-state index < -0.39 is 0 Å². The number of hydrogen-bond donors (Lipinski definition) is 0. The van der Waals surface area contributed by atoms with Gasteiger partial charge in [-0.1, -0.05) is 124 Å². The standard InChI is InChI=1S/C33H60N3O3S/c1-7-9-11-13-14-15-16-17-18-19-20-24-29(37)39-32(33(3,4)5)36(6)25-22-23-28(27-36)30-31(35-40-34-30)38-26-21-12-10-8-2/h23,32H,7-22,24-27H2,1-6H3/q+1. The van der Waals surface area contributed by atoms with Gasteiger partial charge < -0.3 is 9.47 Å². The quantitative estimate of drug-likeness (QED) is 0.0826. The van der Waals surface area contributed by atoms with Crippen LogP contribution in [0, 0.1) is 5.41 Å². The molecule has 0 bridgehead atoms. The molecule has 1 aromatic heterocycles. The van der Waals surface area contributed by atoms with Crippen molar-refractivity contribution in [3.63, 3.8) is 0 Å². The zero-order chi connectivity index (χ0) is 29.3. The Morgan fingerprint density at radius 3 is 2.08 bits per heavy atom. The minimum absolute atomic E-state index is 0.0577. The van der Waals surface area contributed by atoms with Gasteiger partial charge in [0, 0.05) is 18.4 Å². The van der Waals surface area contributed by atoms with E-state index in [1.54, 1.807) is 0 Å². The van der Waals surface area contributed by atoms with Crippen molar-refractivity contribution in [1.82, 2.24) is 8.75 Å². The van der Waals surface area contributed by atoms with Gasteiger partial charge >= 0.3 is 5.97 Å². The van der Waals surface area contributed by atoms with Crippen molar-refractivity contribution in [3.05, 3.63) is 11.8 Å². The maximum absolute atomic E-state index is 13.0. The summed E-state index contributed by atoms with van der Waals surface area (Å²) in [6.45, 7) is 13.4. The molecular formula is C33H60N3O3S+. The molecule has 1 aromatic rings. The zero-order valence-corrected chi connectivity index (χ0v) is 27.6. The van der Waals surface area contributed by atoms with Gasteiger partial charge in [-0.25, -0.2) is 0 Å². The van der Waals surface area contributed by atoms with Gasteiger partial charge in [0.1, 0.15) is 12.2 Å². The number of likely N-dealkylation sites (N-methyl/N-ethyl adjacent to an activating group) is 1. The first-order valence-corrected chi connectivity index (χ1v) is 17.1. The van der Waals surface area contributed by atoms with Crippen LogP contribution in [0.3, 0.4) is 0 Å². The molecule has 1 aliphatic rings. The van der Waals surface area contributed by atoms with Gasteiger partial charge in [-0.05, 0) is 12.8 Å². The van der Waals surface area contributed by atoms with Crippen LogP contribution >= 0.6 is 11.7 Å². The maximum atomic E-state index is 13.0. The molecule has 2 rings (SSSR count). The smallest absolute Gasteiger partial charge is 0.310 e. The fourth-order valence-corrected chi connectivity index (χ4v) is 6.49. The topological polar surface area (TPSA) is 61.3 Å². The average molecular weight is 579 g/mol. The molecule has 230 valence electrons. The number of carbonyl (C=O) groups excluding carboxylic acids is 1. The van der Waals surface area contributed by atoms with Gasteiger partial charge in [0.05, 0.1) is 37.3 Å². The Labute approximate surface area is 250 Å².